The summed E-state index contributed by atoms with van der Waals surface area (Å²) in [4.78, 5) is 7.99. The van der Waals surface area contributed by atoms with Crippen LogP contribution in [0.15, 0.2) is 18.2 Å². The Labute approximate surface area is 96.3 Å². The summed E-state index contributed by atoms with van der Waals surface area (Å²) in [7, 11) is 1.93. The molecule has 1 aromatic carbocycles. The molecular formula is C13H19N3. The number of hydrogen-bond donors (Lipinski definition) is 2. The molecule has 2 rings (SSSR count). The van der Waals surface area contributed by atoms with Crippen LogP contribution in [0.4, 0.5) is 0 Å². The molecule has 0 saturated carbocycles. The number of rotatable bonds is 2. The number of fused-ring (bicyclic) bond motifs is 1. The highest BCUT2D eigenvalue weighted by atomic mass is 15.0. The first-order valence-electron chi connectivity index (χ1n) is 5.65. The quantitative estimate of drug-likeness (QED) is 0.811. The van der Waals surface area contributed by atoms with Crippen molar-refractivity contribution < 1.29 is 0 Å². The zero-order valence-corrected chi connectivity index (χ0v) is 10.4. The van der Waals surface area contributed by atoms with E-state index in [4.69, 9.17) is 0 Å². The topological polar surface area (TPSA) is 40.7 Å². The van der Waals surface area contributed by atoms with Gasteiger partial charge in [0.15, 0.2) is 0 Å². The Morgan fingerprint density at radius 3 is 2.69 bits per heavy atom. The van der Waals surface area contributed by atoms with Crippen LogP contribution >= 0.6 is 0 Å². The third-order valence-corrected chi connectivity index (χ3v) is 2.71. The Kier molecular flexibility index (Phi) is 2.72. The van der Waals surface area contributed by atoms with Crippen LogP contribution in [-0.4, -0.2) is 17.0 Å². The van der Waals surface area contributed by atoms with E-state index in [0.29, 0.717) is 0 Å². The lowest BCUT2D eigenvalue weighted by molar-refractivity contribution is 0.594. The Balaban J connectivity index is 2.59. The SMILES string of the molecule is CNCc1nc2c(C(C)(C)C)cccc2[nH]1. The van der Waals surface area contributed by atoms with E-state index in [1.165, 1.54) is 5.56 Å². The number of benzene rings is 1. The highest BCUT2D eigenvalue weighted by Gasteiger charge is 2.18. The molecule has 16 heavy (non-hydrogen) atoms. The van der Waals surface area contributed by atoms with Crippen molar-refractivity contribution in [3.63, 3.8) is 0 Å². The van der Waals surface area contributed by atoms with Crippen LogP contribution < -0.4 is 5.32 Å². The first kappa shape index (κ1) is 11.1. The Bertz CT molecular complexity index is 491. The molecule has 2 aromatic rings. The fourth-order valence-electron chi connectivity index (χ4n) is 1.94. The maximum absolute atomic E-state index is 4.65. The third kappa shape index (κ3) is 1.95. The number of para-hydroxylation sites is 1. The van der Waals surface area contributed by atoms with E-state index in [0.717, 1.165) is 23.4 Å². The van der Waals surface area contributed by atoms with Gasteiger partial charge in [0.05, 0.1) is 17.6 Å². The molecule has 0 aliphatic rings. The van der Waals surface area contributed by atoms with Crippen molar-refractivity contribution in [1.82, 2.24) is 15.3 Å². The molecule has 0 spiro atoms. The monoisotopic (exact) mass is 217 g/mol. The van der Waals surface area contributed by atoms with Gasteiger partial charge in [-0.05, 0) is 24.1 Å². The van der Waals surface area contributed by atoms with Crippen LogP contribution in [0.2, 0.25) is 0 Å². The van der Waals surface area contributed by atoms with E-state index in [-0.39, 0.29) is 5.41 Å². The number of H-pyrrole nitrogens is 1. The zero-order chi connectivity index (χ0) is 11.8. The predicted octanol–water partition coefficient (Wildman–Crippen LogP) is 2.58. The Hall–Kier alpha value is -1.35. The third-order valence-electron chi connectivity index (χ3n) is 2.71. The van der Waals surface area contributed by atoms with Gasteiger partial charge in [-0.25, -0.2) is 4.98 Å². The number of aromatic nitrogens is 2. The highest BCUT2D eigenvalue weighted by molar-refractivity contribution is 5.79. The summed E-state index contributed by atoms with van der Waals surface area (Å²) >= 11 is 0. The highest BCUT2D eigenvalue weighted by Crippen LogP contribution is 2.28. The molecule has 0 unspecified atom stereocenters. The standard InChI is InChI=1S/C13H19N3/c1-13(2,3)9-6-5-7-10-12(9)16-11(15-10)8-14-4/h5-7,14H,8H2,1-4H3,(H,15,16). The van der Waals surface area contributed by atoms with Gasteiger partial charge in [0.1, 0.15) is 5.82 Å². The molecule has 0 aliphatic heterocycles. The molecule has 1 aromatic heterocycles. The van der Waals surface area contributed by atoms with Crippen LogP contribution in [0.1, 0.15) is 32.2 Å². The molecular weight excluding hydrogens is 198 g/mol. The summed E-state index contributed by atoms with van der Waals surface area (Å²) < 4.78 is 0. The lowest BCUT2D eigenvalue weighted by Crippen LogP contribution is -2.11. The second-order valence-corrected chi connectivity index (χ2v) is 5.17. The molecule has 0 saturated heterocycles. The van der Waals surface area contributed by atoms with Crippen LogP contribution in [-0.2, 0) is 12.0 Å². The van der Waals surface area contributed by atoms with Crippen LogP contribution in [0.25, 0.3) is 11.0 Å². The summed E-state index contributed by atoms with van der Waals surface area (Å²) in [6.45, 7) is 7.43. The Morgan fingerprint density at radius 2 is 2.06 bits per heavy atom. The summed E-state index contributed by atoms with van der Waals surface area (Å²) in [5.74, 6) is 0.995. The molecule has 86 valence electrons. The maximum atomic E-state index is 4.65. The van der Waals surface area contributed by atoms with E-state index in [9.17, 15) is 0 Å². The first-order valence-corrected chi connectivity index (χ1v) is 5.65. The average molecular weight is 217 g/mol. The van der Waals surface area contributed by atoms with E-state index in [2.05, 4.69) is 54.3 Å². The van der Waals surface area contributed by atoms with Gasteiger partial charge < -0.3 is 10.3 Å². The van der Waals surface area contributed by atoms with Crippen molar-refractivity contribution in [2.75, 3.05) is 7.05 Å². The molecule has 3 nitrogen and oxygen atoms in total. The van der Waals surface area contributed by atoms with Crippen molar-refractivity contribution >= 4 is 11.0 Å². The fraction of sp³-hybridized carbons (Fsp3) is 0.462. The summed E-state index contributed by atoms with van der Waals surface area (Å²) in [5, 5.41) is 3.11. The second kappa shape index (κ2) is 3.91. The second-order valence-electron chi connectivity index (χ2n) is 5.17. The van der Waals surface area contributed by atoms with Crippen molar-refractivity contribution in [3.05, 3.63) is 29.6 Å². The zero-order valence-electron chi connectivity index (χ0n) is 10.4. The van der Waals surface area contributed by atoms with E-state index >= 15 is 0 Å². The van der Waals surface area contributed by atoms with Gasteiger partial charge in [0.2, 0.25) is 0 Å². The lowest BCUT2D eigenvalue weighted by Gasteiger charge is -2.19. The summed E-state index contributed by atoms with van der Waals surface area (Å²) in [5.41, 5.74) is 3.65. The number of imidazole rings is 1. The van der Waals surface area contributed by atoms with Crippen molar-refractivity contribution in [2.24, 2.45) is 0 Å². The largest absolute Gasteiger partial charge is 0.341 e. The van der Waals surface area contributed by atoms with E-state index in [1.54, 1.807) is 0 Å². The molecule has 0 bridgehead atoms. The molecule has 3 heteroatoms. The predicted molar refractivity (Wildman–Crippen MR) is 67.6 cm³/mol. The number of nitrogens with zero attached hydrogens (tertiary/aromatic N) is 1. The molecule has 0 fully saturated rings. The van der Waals surface area contributed by atoms with Gasteiger partial charge in [0.25, 0.3) is 0 Å². The molecule has 0 atom stereocenters. The van der Waals surface area contributed by atoms with Crippen LogP contribution in [0.5, 0.6) is 0 Å². The number of hydrogen-bond acceptors (Lipinski definition) is 2. The van der Waals surface area contributed by atoms with E-state index < -0.39 is 0 Å². The minimum Gasteiger partial charge on any atom is -0.341 e. The molecule has 0 radical (unpaired) electrons. The molecule has 0 aliphatic carbocycles. The van der Waals surface area contributed by atoms with E-state index in [1.807, 2.05) is 7.05 Å². The average Bonchev–Trinajstić information content (AvgIpc) is 2.58. The minimum absolute atomic E-state index is 0.131. The minimum atomic E-state index is 0.131. The smallest absolute Gasteiger partial charge is 0.121 e. The number of nitrogens with one attached hydrogen (secondary N) is 2. The van der Waals surface area contributed by atoms with Crippen molar-refractivity contribution in [1.29, 1.82) is 0 Å². The maximum Gasteiger partial charge on any atom is 0.121 e. The summed E-state index contributed by atoms with van der Waals surface area (Å²) in [6.07, 6.45) is 0. The van der Waals surface area contributed by atoms with Gasteiger partial charge in [-0.2, -0.15) is 0 Å². The fourth-order valence-corrected chi connectivity index (χ4v) is 1.94. The van der Waals surface area contributed by atoms with Gasteiger partial charge in [-0.3, -0.25) is 0 Å². The normalized spacial score (nSPS) is 12.2. The number of aromatic amines is 1. The van der Waals surface area contributed by atoms with Gasteiger partial charge >= 0.3 is 0 Å². The van der Waals surface area contributed by atoms with Gasteiger partial charge in [0, 0.05) is 0 Å². The van der Waals surface area contributed by atoms with Crippen molar-refractivity contribution in [2.45, 2.75) is 32.7 Å². The first-order chi connectivity index (χ1) is 7.52. The Morgan fingerprint density at radius 1 is 1.31 bits per heavy atom. The van der Waals surface area contributed by atoms with Crippen molar-refractivity contribution in [3.8, 4) is 0 Å². The molecule has 0 amide bonds. The lowest BCUT2D eigenvalue weighted by atomic mass is 9.86. The van der Waals surface area contributed by atoms with Gasteiger partial charge in [-0.1, -0.05) is 32.9 Å². The molecule has 1 heterocycles. The summed E-state index contributed by atoms with van der Waals surface area (Å²) in [6, 6.07) is 6.33. The van der Waals surface area contributed by atoms with Crippen LogP contribution in [0.3, 0.4) is 0 Å². The van der Waals surface area contributed by atoms with Gasteiger partial charge in [-0.15, -0.1) is 0 Å². The molecule has 2 N–H and O–H groups in total. The van der Waals surface area contributed by atoms with Crippen LogP contribution in [0, 0.1) is 0 Å².